The first-order valence-electron chi connectivity index (χ1n) is 5.25. The maximum atomic E-state index is 12.9. The van der Waals surface area contributed by atoms with Crippen molar-refractivity contribution in [2.75, 3.05) is 0 Å². The van der Waals surface area contributed by atoms with Crippen molar-refractivity contribution in [1.29, 1.82) is 0 Å². The minimum atomic E-state index is -0.215. The second-order valence-electron chi connectivity index (χ2n) is 3.93. The van der Waals surface area contributed by atoms with Crippen LogP contribution in [0.2, 0.25) is 0 Å². The summed E-state index contributed by atoms with van der Waals surface area (Å²) in [6.45, 7) is 0. The van der Waals surface area contributed by atoms with E-state index in [-0.39, 0.29) is 11.9 Å². The lowest BCUT2D eigenvalue weighted by atomic mass is 10.0. The highest BCUT2D eigenvalue weighted by Gasteiger charge is 2.06. The second-order valence-corrected chi connectivity index (χ2v) is 3.93. The molecule has 0 fully saturated rings. The Morgan fingerprint density at radius 1 is 1.19 bits per heavy atom. The van der Waals surface area contributed by atoms with Gasteiger partial charge >= 0.3 is 0 Å². The van der Waals surface area contributed by atoms with Gasteiger partial charge in [0.15, 0.2) is 0 Å². The van der Waals surface area contributed by atoms with Crippen LogP contribution in [0.25, 0.3) is 0 Å². The van der Waals surface area contributed by atoms with E-state index in [4.69, 9.17) is 10.2 Å². The Morgan fingerprint density at radius 3 is 2.69 bits per heavy atom. The summed E-state index contributed by atoms with van der Waals surface area (Å²) in [5.74, 6) is -0.215. The van der Waals surface area contributed by atoms with Crippen LogP contribution in [0.3, 0.4) is 0 Å². The number of hydrogen-bond acceptors (Lipinski definition) is 2. The fraction of sp³-hybridized carbons (Fsp3) is 0.231. The molecule has 0 aliphatic heterocycles. The predicted molar refractivity (Wildman–Crippen MR) is 60.5 cm³/mol. The topological polar surface area (TPSA) is 39.2 Å². The van der Waals surface area contributed by atoms with E-state index < -0.39 is 0 Å². The summed E-state index contributed by atoms with van der Waals surface area (Å²) in [4.78, 5) is 0. The Labute approximate surface area is 93.9 Å². The van der Waals surface area contributed by atoms with Crippen LogP contribution in [-0.2, 0) is 12.8 Å². The number of benzene rings is 1. The van der Waals surface area contributed by atoms with Crippen LogP contribution in [-0.4, -0.2) is 6.04 Å². The quantitative estimate of drug-likeness (QED) is 0.858. The zero-order valence-corrected chi connectivity index (χ0v) is 8.90. The molecule has 0 radical (unpaired) electrons. The maximum Gasteiger partial charge on any atom is 0.123 e. The summed E-state index contributed by atoms with van der Waals surface area (Å²) < 4.78 is 17.9. The molecule has 2 aromatic rings. The van der Waals surface area contributed by atoms with E-state index in [1.165, 1.54) is 12.1 Å². The van der Waals surface area contributed by atoms with Crippen molar-refractivity contribution in [3.05, 3.63) is 59.8 Å². The van der Waals surface area contributed by atoms with E-state index in [0.29, 0.717) is 6.42 Å². The fourth-order valence-corrected chi connectivity index (χ4v) is 1.75. The lowest BCUT2D eigenvalue weighted by molar-refractivity contribution is 0.559. The molecule has 0 bridgehead atoms. The van der Waals surface area contributed by atoms with E-state index >= 15 is 0 Å². The summed E-state index contributed by atoms with van der Waals surface area (Å²) in [5.41, 5.74) is 7.98. The van der Waals surface area contributed by atoms with Crippen molar-refractivity contribution in [3.8, 4) is 0 Å². The van der Waals surface area contributed by atoms with Gasteiger partial charge in [0.2, 0.25) is 0 Å². The monoisotopic (exact) mass is 219 g/mol. The molecule has 84 valence electrons. The minimum absolute atomic E-state index is 0.0144. The van der Waals surface area contributed by atoms with Gasteiger partial charge in [0, 0.05) is 6.04 Å². The van der Waals surface area contributed by atoms with Gasteiger partial charge in [0.25, 0.3) is 0 Å². The molecule has 0 amide bonds. The van der Waals surface area contributed by atoms with Crippen molar-refractivity contribution in [2.24, 2.45) is 5.73 Å². The summed E-state index contributed by atoms with van der Waals surface area (Å²) in [6.07, 6.45) is 4.73. The van der Waals surface area contributed by atoms with Crippen LogP contribution >= 0.6 is 0 Å². The maximum absolute atomic E-state index is 12.9. The molecular formula is C13H14FNO. The molecule has 16 heavy (non-hydrogen) atoms. The van der Waals surface area contributed by atoms with Crippen LogP contribution in [0.5, 0.6) is 0 Å². The third kappa shape index (κ3) is 2.94. The lowest BCUT2D eigenvalue weighted by Gasteiger charge is -2.10. The molecular weight excluding hydrogens is 205 g/mol. The highest BCUT2D eigenvalue weighted by molar-refractivity contribution is 5.18. The molecule has 0 saturated heterocycles. The third-order valence-electron chi connectivity index (χ3n) is 2.46. The van der Waals surface area contributed by atoms with Crippen LogP contribution in [0, 0.1) is 5.82 Å². The number of furan rings is 1. The van der Waals surface area contributed by atoms with Crippen molar-refractivity contribution in [3.63, 3.8) is 0 Å². The lowest BCUT2D eigenvalue weighted by Crippen LogP contribution is -2.25. The Hall–Kier alpha value is -1.61. The predicted octanol–water partition coefficient (Wildman–Crippen LogP) is 2.53. The first kappa shape index (κ1) is 10.9. The average molecular weight is 219 g/mol. The van der Waals surface area contributed by atoms with Gasteiger partial charge in [0.05, 0.1) is 12.5 Å². The van der Waals surface area contributed by atoms with E-state index in [9.17, 15) is 4.39 Å². The number of halogens is 1. The van der Waals surface area contributed by atoms with Crippen LogP contribution in [0.4, 0.5) is 4.39 Å². The molecule has 1 aromatic heterocycles. The molecule has 0 aliphatic rings. The SMILES string of the molecule is NC(Cc1ccoc1)Cc1cccc(F)c1. The average Bonchev–Trinajstić information content (AvgIpc) is 2.70. The molecule has 2 N–H and O–H groups in total. The molecule has 3 heteroatoms. The van der Waals surface area contributed by atoms with Gasteiger partial charge in [-0.3, -0.25) is 0 Å². The summed E-state index contributed by atoms with van der Waals surface area (Å²) in [5, 5.41) is 0. The number of hydrogen-bond donors (Lipinski definition) is 1. The summed E-state index contributed by atoms with van der Waals surface area (Å²) in [7, 11) is 0. The Kier molecular flexibility index (Phi) is 3.37. The van der Waals surface area contributed by atoms with Gasteiger partial charge in [-0.05, 0) is 42.2 Å². The molecule has 2 nitrogen and oxygen atoms in total. The standard InChI is InChI=1S/C13H14FNO/c14-12-3-1-2-10(6-12)7-13(15)8-11-4-5-16-9-11/h1-6,9,13H,7-8,15H2. The largest absolute Gasteiger partial charge is 0.472 e. The van der Waals surface area contributed by atoms with Gasteiger partial charge in [-0.1, -0.05) is 12.1 Å². The molecule has 1 unspecified atom stereocenters. The summed E-state index contributed by atoms with van der Waals surface area (Å²) >= 11 is 0. The van der Waals surface area contributed by atoms with Crippen LogP contribution in [0.15, 0.2) is 47.3 Å². The molecule has 1 atom stereocenters. The van der Waals surface area contributed by atoms with Gasteiger partial charge in [-0.2, -0.15) is 0 Å². The van der Waals surface area contributed by atoms with Gasteiger partial charge < -0.3 is 10.2 Å². The molecule has 2 rings (SSSR count). The zero-order valence-electron chi connectivity index (χ0n) is 8.90. The zero-order chi connectivity index (χ0) is 11.4. The van der Waals surface area contributed by atoms with E-state index in [1.54, 1.807) is 18.6 Å². The van der Waals surface area contributed by atoms with Crippen LogP contribution < -0.4 is 5.73 Å². The molecule has 0 saturated carbocycles. The molecule has 1 heterocycles. The number of nitrogens with two attached hydrogens (primary N) is 1. The third-order valence-corrected chi connectivity index (χ3v) is 2.46. The van der Waals surface area contributed by atoms with Gasteiger partial charge in [-0.15, -0.1) is 0 Å². The first-order valence-corrected chi connectivity index (χ1v) is 5.25. The molecule has 0 aliphatic carbocycles. The van der Waals surface area contributed by atoms with Crippen molar-refractivity contribution in [2.45, 2.75) is 18.9 Å². The summed E-state index contributed by atoms with van der Waals surface area (Å²) in [6, 6.07) is 8.43. The number of rotatable bonds is 4. The van der Waals surface area contributed by atoms with E-state index in [0.717, 1.165) is 17.5 Å². The van der Waals surface area contributed by atoms with E-state index in [2.05, 4.69) is 0 Å². The van der Waals surface area contributed by atoms with Gasteiger partial charge in [-0.25, -0.2) is 4.39 Å². The van der Waals surface area contributed by atoms with Crippen molar-refractivity contribution < 1.29 is 8.81 Å². The first-order chi connectivity index (χ1) is 7.74. The Morgan fingerprint density at radius 2 is 2.00 bits per heavy atom. The molecule has 0 spiro atoms. The second kappa shape index (κ2) is 4.94. The highest BCUT2D eigenvalue weighted by atomic mass is 19.1. The Balaban J connectivity index is 1.94. The van der Waals surface area contributed by atoms with Crippen LogP contribution in [0.1, 0.15) is 11.1 Å². The smallest absolute Gasteiger partial charge is 0.123 e. The normalized spacial score (nSPS) is 12.6. The highest BCUT2D eigenvalue weighted by Crippen LogP contribution is 2.09. The Bertz CT molecular complexity index is 439. The molecule has 1 aromatic carbocycles. The fourth-order valence-electron chi connectivity index (χ4n) is 1.75. The van der Waals surface area contributed by atoms with Gasteiger partial charge in [0.1, 0.15) is 5.82 Å². The van der Waals surface area contributed by atoms with E-state index in [1.807, 2.05) is 12.1 Å². The van der Waals surface area contributed by atoms with Crippen molar-refractivity contribution in [1.82, 2.24) is 0 Å². The minimum Gasteiger partial charge on any atom is -0.472 e. The van der Waals surface area contributed by atoms with Crippen molar-refractivity contribution >= 4 is 0 Å².